The quantitative estimate of drug-likeness (QED) is 0.719. The van der Waals surface area contributed by atoms with Gasteiger partial charge in [-0.2, -0.15) is 0 Å². The van der Waals surface area contributed by atoms with Gasteiger partial charge < -0.3 is 10.2 Å². The summed E-state index contributed by atoms with van der Waals surface area (Å²) >= 11 is 0. The number of pyridine rings is 1. The van der Waals surface area contributed by atoms with Crippen molar-refractivity contribution >= 4 is 23.3 Å². The van der Waals surface area contributed by atoms with E-state index in [4.69, 9.17) is 0 Å². The van der Waals surface area contributed by atoms with Gasteiger partial charge in [-0.1, -0.05) is 0 Å². The summed E-state index contributed by atoms with van der Waals surface area (Å²) in [6, 6.07) is 3.61. The van der Waals surface area contributed by atoms with Crippen LogP contribution in [0.15, 0.2) is 18.3 Å². The SMILES string of the molecule is CCNc1cc(N2CC(=O)NC(=O)C2)ccn1. The van der Waals surface area contributed by atoms with E-state index in [2.05, 4.69) is 15.6 Å². The maximum atomic E-state index is 11.3. The third-order valence-corrected chi connectivity index (χ3v) is 2.41. The first-order chi connectivity index (χ1) is 8.19. The molecule has 1 aliphatic heterocycles. The van der Waals surface area contributed by atoms with E-state index >= 15 is 0 Å². The topological polar surface area (TPSA) is 74.3 Å². The second-order valence-corrected chi connectivity index (χ2v) is 3.76. The summed E-state index contributed by atoms with van der Waals surface area (Å²) in [6.07, 6.45) is 1.66. The van der Waals surface area contributed by atoms with E-state index in [0.717, 1.165) is 18.1 Å². The molecule has 0 saturated carbocycles. The van der Waals surface area contributed by atoms with Gasteiger partial charge in [-0.15, -0.1) is 0 Å². The standard InChI is InChI=1S/C11H14N4O2/c1-2-12-9-5-8(3-4-13-9)15-6-10(16)14-11(17)7-15/h3-5H,2,6-7H2,1H3,(H,12,13)(H,14,16,17). The number of carbonyl (C=O) groups excluding carboxylic acids is 2. The average Bonchev–Trinajstić information content (AvgIpc) is 2.28. The van der Waals surface area contributed by atoms with Crippen molar-refractivity contribution in [3.8, 4) is 0 Å². The Bertz CT molecular complexity index is 431. The largest absolute Gasteiger partial charge is 0.370 e. The predicted octanol–water partition coefficient (Wildman–Crippen LogP) is -0.0238. The zero-order chi connectivity index (χ0) is 12.3. The molecule has 0 spiro atoms. The van der Waals surface area contributed by atoms with E-state index in [0.29, 0.717) is 0 Å². The van der Waals surface area contributed by atoms with Crippen molar-refractivity contribution in [2.24, 2.45) is 0 Å². The second kappa shape index (κ2) is 4.82. The number of rotatable bonds is 3. The summed E-state index contributed by atoms with van der Waals surface area (Å²) in [6.45, 7) is 3.14. The number of hydrogen-bond donors (Lipinski definition) is 2. The molecular weight excluding hydrogens is 220 g/mol. The van der Waals surface area contributed by atoms with Crippen LogP contribution >= 0.6 is 0 Å². The van der Waals surface area contributed by atoms with E-state index < -0.39 is 0 Å². The first kappa shape index (κ1) is 11.4. The smallest absolute Gasteiger partial charge is 0.246 e. The van der Waals surface area contributed by atoms with Crippen molar-refractivity contribution in [1.29, 1.82) is 0 Å². The number of nitrogens with zero attached hydrogens (tertiary/aromatic N) is 2. The van der Waals surface area contributed by atoms with Gasteiger partial charge in [-0.05, 0) is 13.0 Å². The van der Waals surface area contributed by atoms with E-state index in [1.54, 1.807) is 17.2 Å². The number of piperazine rings is 1. The molecule has 0 aromatic carbocycles. The van der Waals surface area contributed by atoms with E-state index in [1.807, 2.05) is 13.0 Å². The molecule has 0 radical (unpaired) electrons. The lowest BCUT2D eigenvalue weighted by Gasteiger charge is -2.27. The van der Waals surface area contributed by atoms with Crippen LogP contribution in [0.3, 0.4) is 0 Å². The molecule has 0 bridgehead atoms. The molecular formula is C11H14N4O2. The maximum absolute atomic E-state index is 11.3. The zero-order valence-corrected chi connectivity index (χ0v) is 9.56. The minimum Gasteiger partial charge on any atom is -0.370 e. The summed E-state index contributed by atoms with van der Waals surface area (Å²) in [5, 5.41) is 5.35. The number of hydrogen-bond acceptors (Lipinski definition) is 5. The van der Waals surface area contributed by atoms with Gasteiger partial charge in [-0.25, -0.2) is 4.98 Å². The van der Waals surface area contributed by atoms with Crippen LogP contribution in [0.2, 0.25) is 0 Å². The van der Waals surface area contributed by atoms with Crippen molar-refractivity contribution in [3.63, 3.8) is 0 Å². The van der Waals surface area contributed by atoms with Crippen molar-refractivity contribution in [1.82, 2.24) is 10.3 Å². The van der Waals surface area contributed by atoms with Crippen molar-refractivity contribution < 1.29 is 9.59 Å². The monoisotopic (exact) mass is 234 g/mol. The van der Waals surface area contributed by atoms with Gasteiger partial charge in [0.2, 0.25) is 11.8 Å². The molecule has 0 aliphatic carbocycles. The average molecular weight is 234 g/mol. The van der Waals surface area contributed by atoms with Crippen LogP contribution in [0.25, 0.3) is 0 Å². The normalized spacial score (nSPS) is 15.7. The highest BCUT2D eigenvalue weighted by atomic mass is 16.2. The fourth-order valence-corrected chi connectivity index (χ4v) is 1.71. The Morgan fingerprint density at radius 3 is 2.76 bits per heavy atom. The highest BCUT2D eigenvalue weighted by Gasteiger charge is 2.22. The Hall–Kier alpha value is -2.11. The fraction of sp³-hybridized carbons (Fsp3) is 0.364. The third-order valence-electron chi connectivity index (χ3n) is 2.41. The lowest BCUT2D eigenvalue weighted by Crippen LogP contribution is -2.51. The Morgan fingerprint density at radius 1 is 1.41 bits per heavy atom. The van der Waals surface area contributed by atoms with Gasteiger partial charge in [0.25, 0.3) is 0 Å². The second-order valence-electron chi connectivity index (χ2n) is 3.76. The van der Waals surface area contributed by atoms with Crippen LogP contribution in [-0.2, 0) is 9.59 Å². The Kier molecular flexibility index (Phi) is 3.22. The minimum atomic E-state index is -0.275. The van der Waals surface area contributed by atoms with Crippen LogP contribution in [0.4, 0.5) is 11.5 Å². The van der Waals surface area contributed by atoms with Crippen LogP contribution in [-0.4, -0.2) is 36.4 Å². The molecule has 1 aromatic rings. The third kappa shape index (κ3) is 2.72. The summed E-state index contributed by atoms with van der Waals surface area (Å²) in [5.41, 5.74) is 0.819. The number of imide groups is 1. The van der Waals surface area contributed by atoms with Crippen LogP contribution < -0.4 is 15.5 Å². The highest BCUT2D eigenvalue weighted by molar-refractivity contribution is 6.02. The van der Waals surface area contributed by atoms with Crippen LogP contribution in [0.5, 0.6) is 0 Å². The molecule has 6 nitrogen and oxygen atoms in total. The summed E-state index contributed by atoms with van der Waals surface area (Å²) in [5.74, 6) is 0.189. The molecule has 17 heavy (non-hydrogen) atoms. The highest BCUT2D eigenvalue weighted by Crippen LogP contribution is 2.17. The molecule has 2 amide bonds. The molecule has 2 heterocycles. The molecule has 1 aliphatic rings. The van der Waals surface area contributed by atoms with Gasteiger partial charge in [-0.3, -0.25) is 14.9 Å². The first-order valence-electron chi connectivity index (χ1n) is 5.46. The van der Waals surface area contributed by atoms with Gasteiger partial charge in [0.1, 0.15) is 5.82 Å². The van der Waals surface area contributed by atoms with Gasteiger partial charge in [0, 0.05) is 24.5 Å². The first-order valence-corrected chi connectivity index (χ1v) is 5.46. The van der Waals surface area contributed by atoms with Gasteiger partial charge in [0.15, 0.2) is 0 Å². The van der Waals surface area contributed by atoms with Crippen LogP contribution in [0, 0.1) is 0 Å². The molecule has 90 valence electrons. The van der Waals surface area contributed by atoms with Crippen LogP contribution in [0.1, 0.15) is 6.92 Å². The molecule has 2 rings (SSSR count). The van der Waals surface area contributed by atoms with Crippen molar-refractivity contribution in [2.75, 3.05) is 29.9 Å². The molecule has 0 unspecified atom stereocenters. The van der Waals surface area contributed by atoms with E-state index in [-0.39, 0.29) is 24.9 Å². The maximum Gasteiger partial charge on any atom is 0.246 e. The lowest BCUT2D eigenvalue weighted by atomic mass is 10.2. The molecule has 6 heteroatoms. The number of nitrogens with one attached hydrogen (secondary N) is 2. The number of amides is 2. The number of carbonyl (C=O) groups is 2. The van der Waals surface area contributed by atoms with Crippen molar-refractivity contribution in [2.45, 2.75) is 6.92 Å². The summed E-state index contributed by atoms with van der Waals surface area (Å²) in [4.78, 5) is 28.4. The molecule has 1 fully saturated rings. The van der Waals surface area contributed by atoms with Gasteiger partial charge >= 0.3 is 0 Å². The van der Waals surface area contributed by atoms with Gasteiger partial charge in [0.05, 0.1) is 13.1 Å². The summed E-state index contributed by atoms with van der Waals surface area (Å²) in [7, 11) is 0. The molecule has 1 aromatic heterocycles. The number of anilines is 2. The minimum absolute atomic E-state index is 0.196. The predicted molar refractivity (Wildman–Crippen MR) is 63.8 cm³/mol. The molecule has 1 saturated heterocycles. The summed E-state index contributed by atoms with van der Waals surface area (Å²) < 4.78 is 0. The lowest BCUT2D eigenvalue weighted by molar-refractivity contribution is -0.130. The van der Waals surface area contributed by atoms with E-state index in [1.165, 1.54) is 0 Å². The Labute approximate surface area is 99.0 Å². The molecule has 0 atom stereocenters. The Balaban J connectivity index is 2.18. The van der Waals surface area contributed by atoms with Crippen molar-refractivity contribution in [3.05, 3.63) is 18.3 Å². The fourth-order valence-electron chi connectivity index (χ4n) is 1.71. The Morgan fingerprint density at radius 2 is 2.12 bits per heavy atom. The number of aromatic nitrogens is 1. The molecule has 2 N–H and O–H groups in total. The zero-order valence-electron chi connectivity index (χ0n) is 9.56. The van der Waals surface area contributed by atoms with E-state index in [9.17, 15) is 9.59 Å².